The Balaban J connectivity index is 1.92. The Morgan fingerprint density at radius 2 is 1.74 bits per heavy atom. The first-order valence-corrected chi connectivity index (χ1v) is 6.95. The van der Waals surface area contributed by atoms with Crippen molar-refractivity contribution in [1.82, 2.24) is 14.7 Å². The third-order valence-corrected chi connectivity index (χ3v) is 4.25. The smallest absolute Gasteiger partial charge is 0.326 e. The van der Waals surface area contributed by atoms with Gasteiger partial charge in [0.2, 0.25) is 0 Å². The summed E-state index contributed by atoms with van der Waals surface area (Å²) in [6.45, 7) is 2.03. The highest BCUT2D eigenvalue weighted by Gasteiger charge is 2.37. The first-order valence-electron chi connectivity index (χ1n) is 6.95. The van der Waals surface area contributed by atoms with E-state index in [1.54, 1.807) is 4.90 Å². The summed E-state index contributed by atoms with van der Waals surface area (Å²) in [4.78, 5) is 29.0. The maximum absolute atomic E-state index is 12.4. The van der Waals surface area contributed by atoms with E-state index < -0.39 is 12.0 Å². The van der Waals surface area contributed by atoms with E-state index in [2.05, 4.69) is 19.0 Å². The minimum atomic E-state index is -0.881. The zero-order chi connectivity index (χ0) is 14.0. The molecule has 0 unspecified atom stereocenters. The molecule has 2 heterocycles. The lowest BCUT2D eigenvalue weighted by molar-refractivity contribution is -0.141. The SMILES string of the molecule is CN(C)C1CCN(C(=O)N2CCC[C@H]2C(=O)O)CC1. The number of aliphatic carboxylic acids is 1. The van der Waals surface area contributed by atoms with Crippen LogP contribution < -0.4 is 0 Å². The van der Waals surface area contributed by atoms with E-state index in [4.69, 9.17) is 5.11 Å². The van der Waals surface area contributed by atoms with Crippen molar-refractivity contribution in [3.05, 3.63) is 0 Å². The minimum absolute atomic E-state index is 0.0953. The number of carboxylic acids is 1. The molecule has 108 valence electrons. The van der Waals surface area contributed by atoms with Crippen molar-refractivity contribution in [2.45, 2.75) is 37.8 Å². The van der Waals surface area contributed by atoms with Crippen LogP contribution in [0.3, 0.4) is 0 Å². The molecule has 0 aromatic rings. The largest absolute Gasteiger partial charge is 0.480 e. The molecule has 2 saturated heterocycles. The van der Waals surface area contributed by atoms with Gasteiger partial charge >= 0.3 is 12.0 Å². The second-order valence-electron chi connectivity index (χ2n) is 5.65. The molecule has 1 N–H and O–H groups in total. The highest BCUT2D eigenvalue weighted by Crippen LogP contribution is 2.22. The van der Waals surface area contributed by atoms with Crippen LogP contribution in [0.25, 0.3) is 0 Å². The van der Waals surface area contributed by atoms with Crippen molar-refractivity contribution in [1.29, 1.82) is 0 Å². The quantitative estimate of drug-likeness (QED) is 0.801. The lowest BCUT2D eigenvalue weighted by atomic mass is 10.0. The van der Waals surface area contributed by atoms with Gasteiger partial charge in [-0.1, -0.05) is 0 Å². The number of carbonyl (C=O) groups excluding carboxylic acids is 1. The summed E-state index contributed by atoms with van der Waals surface area (Å²) in [6, 6.07) is -0.195. The van der Waals surface area contributed by atoms with Gasteiger partial charge in [-0.05, 0) is 39.8 Å². The van der Waals surface area contributed by atoms with Crippen LogP contribution in [-0.2, 0) is 4.79 Å². The first-order chi connectivity index (χ1) is 9.00. The molecule has 0 aliphatic carbocycles. The number of nitrogens with zero attached hydrogens (tertiary/aromatic N) is 3. The Labute approximate surface area is 114 Å². The van der Waals surface area contributed by atoms with Crippen LogP contribution in [0.4, 0.5) is 4.79 Å². The van der Waals surface area contributed by atoms with Crippen molar-refractivity contribution in [3.63, 3.8) is 0 Å². The monoisotopic (exact) mass is 269 g/mol. The van der Waals surface area contributed by atoms with E-state index in [-0.39, 0.29) is 6.03 Å². The summed E-state index contributed by atoms with van der Waals surface area (Å²) in [6.07, 6.45) is 3.29. The number of hydrogen-bond donors (Lipinski definition) is 1. The fourth-order valence-electron chi connectivity index (χ4n) is 3.01. The molecule has 6 nitrogen and oxygen atoms in total. The second kappa shape index (κ2) is 5.77. The number of rotatable bonds is 2. The van der Waals surface area contributed by atoms with Gasteiger partial charge in [0, 0.05) is 25.7 Å². The van der Waals surface area contributed by atoms with Gasteiger partial charge in [0.05, 0.1) is 0 Å². The number of hydrogen-bond acceptors (Lipinski definition) is 3. The highest BCUT2D eigenvalue weighted by atomic mass is 16.4. The standard InChI is InChI=1S/C13H23N3O3/c1-14(2)10-5-8-15(9-6-10)13(19)16-7-3-4-11(16)12(17)18/h10-11H,3-9H2,1-2H3,(H,17,18)/t11-/m0/s1. The van der Waals surface area contributed by atoms with Crippen LogP contribution in [0.5, 0.6) is 0 Å². The molecule has 2 amide bonds. The average Bonchev–Trinajstić information content (AvgIpc) is 2.87. The number of likely N-dealkylation sites (tertiary alicyclic amines) is 2. The van der Waals surface area contributed by atoms with Gasteiger partial charge in [-0.15, -0.1) is 0 Å². The van der Waals surface area contributed by atoms with Crippen LogP contribution in [0.15, 0.2) is 0 Å². The van der Waals surface area contributed by atoms with E-state index in [1.165, 1.54) is 4.90 Å². The van der Waals surface area contributed by atoms with E-state index >= 15 is 0 Å². The predicted octanol–water partition coefficient (Wildman–Crippen LogP) is 0.681. The van der Waals surface area contributed by atoms with Crippen LogP contribution in [0, 0.1) is 0 Å². The Kier molecular flexibility index (Phi) is 4.29. The minimum Gasteiger partial charge on any atom is -0.480 e. The Morgan fingerprint density at radius 1 is 1.11 bits per heavy atom. The van der Waals surface area contributed by atoms with Crippen molar-refractivity contribution >= 4 is 12.0 Å². The highest BCUT2D eigenvalue weighted by molar-refractivity contribution is 5.83. The van der Waals surface area contributed by atoms with Gasteiger partial charge in [-0.25, -0.2) is 9.59 Å². The third-order valence-electron chi connectivity index (χ3n) is 4.25. The van der Waals surface area contributed by atoms with Crippen molar-refractivity contribution in [2.24, 2.45) is 0 Å². The molecule has 0 bridgehead atoms. The number of carboxylic acid groups (broad SMARTS) is 1. The molecule has 2 aliphatic rings. The summed E-state index contributed by atoms with van der Waals surface area (Å²) in [5, 5.41) is 9.13. The molecule has 0 spiro atoms. The Morgan fingerprint density at radius 3 is 2.26 bits per heavy atom. The van der Waals surface area contributed by atoms with Gasteiger partial charge < -0.3 is 19.8 Å². The molecule has 0 radical (unpaired) electrons. The number of amides is 2. The molecule has 2 aliphatic heterocycles. The fraction of sp³-hybridized carbons (Fsp3) is 0.846. The van der Waals surface area contributed by atoms with Crippen LogP contribution in [0.1, 0.15) is 25.7 Å². The second-order valence-corrected chi connectivity index (χ2v) is 5.65. The van der Waals surface area contributed by atoms with Gasteiger partial charge in [0.1, 0.15) is 6.04 Å². The normalized spacial score (nSPS) is 25.1. The maximum atomic E-state index is 12.4. The van der Waals surface area contributed by atoms with Gasteiger partial charge in [-0.2, -0.15) is 0 Å². The van der Waals surface area contributed by atoms with Crippen LogP contribution >= 0.6 is 0 Å². The van der Waals surface area contributed by atoms with E-state index in [1.807, 2.05) is 0 Å². The zero-order valence-corrected chi connectivity index (χ0v) is 11.7. The van der Waals surface area contributed by atoms with Gasteiger partial charge in [0.25, 0.3) is 0 Å². The van der Waals surface area contributed by atoms with Crippen LogP contribution in [0.2, 0.25) is 0 Å². The zero-order valence-electron chi connectivity index (χ0n) is 11.7. The fourth-order valence-corrected chi connectivity index (χ4v) is 3.01. The first kappa shape index (κ1) is 14.1. The molecule has 0 aromatic heterocycles. The molecule has 1 atom stereocenters. The molecule has 19 heavy (non-hydrogen) atoms. The summed E-state index contributed by atoms with van der Waals surface area (Å²) in [7, 11) is 4.12. The lowest BCUT2D eigenvalue weighted by Crippen LogP contribution is -2.52. The molecule has 0 aromatic carbocycles. The van der Waals surface area contributed by atoms with Crippen LogP contribution in [-0.4, -0.2) is 77.6 Å². The Hall–Kier alpha value is -1.30. The number of piperidine rings is 1. The summed E-state index contributed by atoms with van der Waals surface area (Å²) in [5.41, 5.74) is 0. The predicted molar refractivity (Wildman–Crippen MR) is 71.0 cm³/mol. The number of urea groups is 1. The molecule has 2 rings (SSSR count). The molecular formula is C13H23N3O3. The molecular weight excluding hydrogens is 246 g/mol. The molecule has 6 heteroatoms. The topological polar surface area (TPSA) is 64.1 Å². The summed E-state index contributed by atoms with van der Waals surface area (Å²) in [5.74, 6) is -0.881. The van der Waals surface area contributed by atoms with Crippen molar-refractivity contribution < 1.29 is 14.7 Å². The summed E-state index contributed by atoms with van der Waals surface area (Å²) >= 11 is 0. The number of carbonyl (C=O) groups is 2. The van der Waals surface area contributed by atoms with Crippen molar-refractivity contribution in [2.75, 3.05) is 33.7 Å². The van der Waals surface area contributed by atoms with E-state index in [0.29, 0.717) is 19.0 Å². The van der Waals surface area contributed by atoms with E-state index in [9.17, 15) is 9.59 Å². The van der Waals surface area contributed by atoms with E-state index in [0.717, 1.165) is 32.4 Å². The maximum Gasteiger partial charge on any atom is 0.326 e. The Bertz CT molecular complexity index is 351. The molecule has 2 fully saturated rings. The van der Waals surface area contributed by atoms with Gasteiger partial charge in [-0.3, -0.25) is 0 Å². The third kappa shape index (κ3) is 3.00. The van der Waals surface area contributed by atoms with Crippen molar-refractivity contribution in [3.8, 4) is 0 Å². The summed E-state index contributed by atoms with van der Waals surface area (Å²) < 4.78 is 0. The lowest BCUT2D eigenvalue weighted by Gasteiger charge is -2.37. The van der Waals surface area contributed by atoms with Gasteiger partial charge in [0.15, 0.2) is 0 Å². The average molecular weight is 269 g/mol. The molecule has 0 saturated carbocycles.